The van der Waals surface area contributed by atoms with E-state index in [9.17, 15) is 8.42 Å². The summed E-state index contributed by atoms with van der Waals surface area (Å²) in [7, 11) is -3.71. The number of benzene rings is 1. The maximum atomic E-state index is 11.5. The Hall–Kier alpha value is -1.09. The van der Waals surface area contributed by atoms with E-state index in [1.165, 1.54) is 0 Å². The molecular weight excluding hydrogens is 322 g/mol. The lowest BCUT2D eigenvalue weighted by molar-refractivity contribution is 0.199. The third-order valence-corrected chi connectivity index (χ3v) is 5.76. The van der Waals surface area contributed by atoms with Gasteiger partial charge in [0.2, 0.25) is 10.0 Å². The molecule has 3 rings (SSSR count). The first-order chi connectivity index (χ1) is 10.5. The van der Waals surface area contributed by atoms with E-state index in [0.717, 1.165) is 43.3 Å². The van der Waals surface area contributed by atoms with Crippen LogP contribution in [-0.4, -0.2) is 36.4 Å². The number of hydrogen-bond acceptors (Lipinski definition) is 5. The molecule has 6 nitrogen and oxygen atoms in total. The number of sulfonamides is 1. The van der Waals surface area contributed by atoms with Crippen molar-refractivity contribution in [1.82, 2.24) is 9.55 Å². The average Bonchev–Trinajstić information content (AvgIpc) is 3.07. The van der Waals surface area contributed by atoms with E-state index < -0.39 is 10.0 Å². The third-order valence-electron chi connectivity index (χ3n) is 3.62. The summed E-state index contributed by atoms with van der Waals surface area (Å²) in [6.07, 6.45) is 2.00. The number of nitrogens with two attached hydrogens (primary N) is 1. The molecule has 22 heavy (non-hydrogen) atoms. The van der Waals surface area contributed by atoms with Gasteiger partial charge in [-0.1, -0.05) is 18.7 Å². The van der Waals surface area contributed by atoms with E-state index in [2.05, 4.69) is 16.5 Å². The second kappa shape index (κ2) is 6.19. The second-order valence-corrected chi connectivity index (χ2v) is 8.17. The normalized spacial score (nSPS) is 19.1. The minimum Gasteiger partial charge on any atom is -0.380 e. The zero-order valence-corrected chi connectivity index (χ0v) is 14.0. The highest BCUT2D eigenvalue weighted by Crippen LogP contribution is 2.31. The Morgan fingerprint density at radius 3 is 2.95 bits per heavy atom. The smallest absolute Gasteiger partial charge is 0.238 e. The summed E-state index contributed by atoms with van der Waals surface area (Å²) in [6, 6.07) is 4.87. The Labute approximate surface area is 134 Å². The van der Waals surface area contributed by atoms with Gasteiger partial charge in [0.05, 0.1) is 22.5 Å². The molecule has 0 saturated carbocycles. The highest BCUT2D eigenvalue weighted by atomic mass is 32.2. The highest BCUT2D eigenvalue weighted by molar-refractivity contribution is 7.99. The van der Waals surface area contributed by atoms with Gasteiger partial charge in [-0.15, -0.1) is 0 Å². The number of aromatic nitrogens is 2. The van der Waals surface area contributed by atoms with Gasteiger partial charge in [0, 0.05) is 18.4 Å². The number of hydrogen-bond donors (Lipinski definition) is 1. The van der Waals surface area contributed by atoms with Gasteiger partial charge in [-0.2, -0.15) is 0 Å². The van der Waals surface area contributed by atoms with Crippen molar-refractivity contribution in [2.75, 3.05) is 13.2 Å². The molecule has 1 aromatic heterocycles. The molecule has 1 aliphatic heterocycles. The SMILES string of the molecule is CCCn1c(S[C@@H]2CCOC2)nc2cc(S(N)(=O)=O)ccc21. The Kier molecular flexibility index (Phi) is 4.44. The molecule has 1 aliphatic rings. The van der Waals surface area contributed by atoms with Crippen molar-refractivity contribution < 1.29 is 13.2 Å². The molecule has 1 atom stereocenters. The van der Waals surface area contributed by atoms with Crippen LogP contribution in [0.15, 0.2) is 28.3 Å². The van der Waals surface area contributed by atoms with Gasteiger partial charge in [0.1, 0.15) is 0 Å². The second-order valence-electron chi connectivity index (χ2n) is 5.34. The summed E-state index contributed by atoms with van der Waals surface area (Å²) in [6.45, 7) is 4.49. The molecule has 120 valence electrons. The van der Waals surface area contributed by atoms with Crippen LogP contribution >= 0.6 is 11.8 Å². The van der Waals surface area contributed by atoms with Crippen LogP contribution in [0.1, 0.15) is 19.8 Å². The Bertz CT molecular complexity index is 780. The Balaban J connectivity index is 2.04. The van der Waals surface area contributed by atoms with Gasteiger partial charge < -0.3 is 9.30 Å². The van der Waals surface area contributed by atoms with Gasteiger partial charge in [0.15, 0.2) is 5.16 Å². The Morgan fingerprint density at radius 1 is 1.50 bits per heavy atom. The molecule has 2 aromatic rings. The minimum absolute atomic E-state index is 0.0990. The average molecular weight is 341 g/mol. The Morgan fingerprint density at radius 2 is 2.32 bits per heavy atom. The summed E-state index contributed by atoms with van der Waals surface area (Å²) >= 11 is 1.70. The van der Waals surface area contributed by atoms with Crippen LogP contribution in [0.4, 0.5) is 0 Å². The van der Waals surface area contributed by atoms with E-state index in [1.54, 1.807) is 30.0 Å². The number of primary sulfonamides is 1. The summed E-state index contributed by atoms with van der Waals surface area (Å²) in [4.78, 5) is 4.72. The molecule has 0 spiro atoms. The fourth-order valence-corrected chi connectivity index (χ4v) is 4.23. The van der Waals surface area contributed by atoms with Crippen LogP contribution in [0.2, 0.25) is 0 Å². The maximum Gasteiger partial charge on any atom is 0.238 e. The first kappa shape index (κ1) is 15.8. The quantitative estimate of drug-likeness (QED) is 0.898. The number of aryl methyl sites for hydroxylation is 1. The molecule has 1 aromatic carbocycles. The molecule has 1 saturated heterocycles. The van der Waals surface area contributed by atoms with Crippen LogP contribution in [0.25, 0.3) is 11.0 Å². The molecule has 8 heteroatoms. The van der Waals surface area contributed by atoms with Crippen molar-refractivity contribution in [3.63, 3.8) is 0 Å². The monoisotopic (exact) mass is 341 g/mol. The highest BCUT2D eigenvalue weighted by Gasteiger charge is 2.21. The molecule has 0 unspecified atom stereocenters. The standard InChI is InChI=1S/C14H19N3O3S2/c1-2-6-17-13-4-3-11(22(15,18)19)8-12(13)16-14(17)21-10-5-7-20-9-10/h3-4,8,10H,2,5-7,9H2,1H3,(H2,15,18,19)/t10-/m1/s1. The van der Waals surface area contributed by atoms with Crippen molar-refractivity contribution in [2.24, 2.45) is 5.14 Å². The van der Waals surface area contributed by atoms with Crippen LogP contribution < -0.4 is 5.14 Å². The number of nitrogens with zero attached hydrogens (tertiary/aromatic N) is 2. The number of imidazole rings is 1. The van der Waals surface area contributed by atoms with Crippen molar-refractivity contribution in [2.45, 2.75) is 41.6 Å². The third kappa shape index (κ3) is 3.15. The number of rotatable bonds is 5. The lowest BCUT2D eigenvalue weighted by Crippen LogP contribution is -2.11. The van der Waals surface area contributed by atoms with Crippen LogP contribution in [0.3, 0.4) is 0 Å². The van der Waals surface area contributed by atoms with Crippen molar-refractivity contribution in [3.05, 3.63) is 18.2 Å². The van der Waals surface area contributed by atoms with Crippen LogP contribution in [0.5, 0.6) is 0 Å². The van der Waals surface area contributed by atoms with Gasteiger partial charge in [-0.25, -0.2) is 18.5 Å². The molecule has 2 heterocycles. The van der Waals surface area contributed by atoms with Crippen molar-refractivity contribution >= 4 is 32.8 Å². The van der Waals surface area contributed by atoms with E-state index in [-0.39, 0.29) is 4.90 Å². The zero-order chi connectivity index (χ0) is 15.7. The summed E-state index contributed by atoms with van der Waals surface area (Å²) in [5.41, 5.74) is 1.61. The van der Waals surface area contributed by atoms with E-state index >= 15 is 0 Å². The molecule has 0 radical (unpaired) electrons. The molecule has 0 aliphatic carbocycles. The van der Waals surface area contributed by atoms with Crippen molar-refractivity contribution in [3.8, 4) is 0 Å². The molecular formula is C14H19N3O3S2. The summed E-state index contributed by atoms with van der Waals surface area (Å²) in [5.74, 6) is 0. The number of thioether (sulfide) groups is 1. The van der Waals surface area contributed by atoms with Gasteiger partial charge >= 0.3 is 0 Å². The zero-order valence-electron chi connectivity index (χ0n) is 12.4. The fraction of sp³-hybridized carbons (Fsp3) is 0.500. The number of ether oxygens (including phenoxy) is 1. The van der Waals surface area contributed by atoms with Gasteiger partial charge in [-0.05, 0) is 31.0 Å². The van der Waals surface area contributed by atoms with Crippen LogP contribution in [-0.2, 0) is 21.3 Å². The van der Waals surface area contributed by atoms with E-state index in [4.69, 9.17) is 9.88 Å². The maximum absolute atomic E-state index is 11.5. The van der Waals surface area contributed by atoms with Crippen molar-refractivity contribution in [1.29, 1.82) is 0 Å². The molecule has 0 bridgehead atoms. The topological polar surface area (TPSA) is 87.2 Å². The van der Waals surface area contributed by atoms with Gasteiger partial charge in [-0.3, -0.25) is 0 Å². The predicted molar refractivity (Wildman–Crippen MR) is 86.5 cm³/mol. The van der Waals surface area contributed by atoms with Crippen LogP contribution in [0, 0.1) is 0 Å². The predicted octanol–water partition coefficient (Wildman–Crippen LogP) is 1.97. The fourth-order valence-electron chi connectivity index (χ4n) is 2.55. The lowest BCUT2D eigenvalue weighted by atomic mass is 10.3. The molecule has 1 fully saturated rings. The largest absolute Gasteiger partial charge is 0.380 e. The van der Waals surface area contributed by atoms with Gasteiger partial charge in [0.25, 0.3) is 0 Å². The number of fused-ring (bicyclic) bond motifs is 1. The first-order valence-electron chi connectivity index (χ1n) is 7.26. The minimum atomic E-state index is -3.71. The lowest BCUT2D eigenvalue weighted by Gasteiger charge is -2.10. The summed E-state index contributed by atoms with van der Waals surface area (Å²) < 4.78 is 30.5. The molecule has 2 N–H and O–H groups in total. The molecule has 0 amide bonds. The van der Waals surface area contributed by atoms with E-state index in [0.29, 0.717) is 10.8 Å². The first-order valence-corrected chi connectivity index (χ1v) is 9.69. The summed E-state index contributed by atoms with van der Waals surface area (Å²) in [5, 5.41) is 6.52. The van der Waals surface area contributed by atoms with E-state index in [1.807, 2.05) is 0 Å².